The summed E-state index contributed by atoms with van der Waals surface area (Å²) < 4.78 is 7.39. The van der Waals surface area contributed by atoms with Crippen molar-refractivity contribution in [3.05, 3.63) is 17.8 Å². The van der Waals surface area contributed by atoms with Crippen LogP contribution in [0.2, 0.25) is 0 Å². The lowest BCUT2D eigenvalue weighted by atomic mass is 9.64. The lowest BCUT2D eigenvalue weighted by Crippen LogP contribution is -2.52. The van der Waals surface area contributed by atoms with Gasteiger partial charge in [0.25, 0.3) is 5.91 Å². The Morgan fingerprint density at radius 3 is 2.48 bits per heavy atom. The van der Waals surface area contributed by atoms with Crippen molar-refractivity contribution in [1.82, 2.24) is 15.1 Å². The number of nitrogens with two attached hydrogens (primary N) is 1. The number of amides is 2. The van der Waals surface area contributed by atoms with Gasteiger partial charge in [0.1, 0.15) is 5.56 Å². The van der Waals surface area contributed by atoms with Gasteiger partial charge in [0, 0.05) is 12.2 Å². The van der Waals surface area contributed by atoms with E-state index in [9.17, 15) is 19.5 Å². The molecule has 9 heteroatoms. The number of aliphatic carboxylic acids is 1. The van der Waals surface area contributed by atoms with E-state index in [-0.39, 0.29) is 35.6 Å². The number of ether oxygens (including phenoxy) is 1. The van der Waals surface area contributed by atoms with Crippen LogP contribution < -0.4 is 15.8 Å². The van der Waals surface area contributed by atoms with Crippen LogP contribution in [-0.2, 0) is 9.59 Å². The third kappa shape index (κ3) is 5.75. The van der Waals surface area contributed by atoms with E-state index in [2.05, 4.69) is 10.4 Å². The third-order valence-corrected chi connectivity index (χ3v) is 6.80. The van der Waals surface area contributed by atoms with Gasteiger partial charge >= 0.3 is 5.97 Å². The Bertz CT molecular complexity index is 906. The summed E-state index contributed by atoms with van der Waals surface area (Å²) in [5.74, 6) is -0.964. The fraction of sp³-hybridized carbons (Fsp3) is 0.667. The number of aromatic nitrogens is 2. The second-order valence-electron chi connectivity index (χ2n) is 10.4. The molecular weight excluding hydrogens is 424 g/mol. The first-order chi connectivity index (χ1) is 15.5. The third-order valence-electron chi connectivity index (χ3n) is 6.80. The van der Waals surface area contributed by atoms with Crippen molar-refractivity contribution in [2.24, 2.45) is 34.8 Å². The van der Waals surface area contributed by atoms with Crippen molar-refractivity contribution in [2.45, 2.75) is 65.8 Å². The Balaban J connectivity index is 1.82. The van der Waals surface area contributed by atoms with Crippen LogP contribution in [0.15, 0.2) is 12.3 Å². The van der Waals surface area contributed by atoms with E-state index in [1.807, 2.05) is 13.8 Å². The van der Waals surface area contributed by atoms with Gasteiger partial charge in [-0.1, -0.05) is 26.3 Å². The number of rotatable bonds is 9. The number of hydrogen-bond acceptors (Lipinski definition) is 5. The van der Waals surface area contributed by atoms with Crippen molar-refractivity contribution in [3.8, 4) is 5.88 Å². The largest absolute Gasteiger partial charge is 0.481 e. The molecule has 0 saturated heterocycles. The van der Waals surface area contributed by atoms with Gasteiger partial charge in [-0.05, 0) is 57.3 Å². The number of carboxylic acids is 1. The highest BCUT2D eigenvalue weighted by atomic mass is 16.5. The van der Waals surface area contributed by atoms with Crippen molar-refractivity contribution in [1.29, 1.82) is 0 Å². The highest BCUT2D eigenvalue weighted by molar-refractivity contribution is 5.96. The van der Waals surface area contributed by atoms with Crippen molar-refractivity contribution in [2.75, 3.05) is 6.61 Å². The standard InChI is InChI=1S/C24H36N4O5/c1-14(2)13-33-21-18(12-26-28(21)9-8-24(3,4)23(25)32)20(29)27-19-15-6-5-7-16(19)11-17(10-15)22(30)31/h8-9,12,14-17,19H,5-7,10-11,13H2,1-4H3,(H2,25,32)(H,27,29)(H,30,31)/b9-8+/t15?,16?,17-,19+. The highest BCUT2D eigenvalue weighted by Crippen LogP contribution is 2.43. The summed E-state index contributed by atoms with van der Waals surface area (Å²) in [5.41, 5.74) is 4.88. The van der Waals surface area contributed by atoms with Gasteiger partial charge < -0.3 is 20.9 Å². The van der Waals surface area contributed by atoms with Gasteiger partial charge in [0.2, 0.25) is 11.8 Å². The van der Waals surface area contributed by atoms with Crippen LogP contribution in [0.1, 0.15) is 70.2 Å². The van der Waals surface area contributed by atoms with Crippen LogP contribution in [0.3, 0.4) is 0 Å². The van der Waals surface area contributed by atoms with Gasteiger partial charge in [-0.2, -0.15) is 5.10 Å². The topological polar surface area (TPSA) is 137 Å². The normalized spacial score (nSPS) is 25.2. The summed E-state index contributed by atoms with van der Waals surface area (Å²) in [6.45, 7) is 7.81. The molecular formula is C24H36N4O5. The summed E-state index contributed by atoms with van der Waals surface area (Å²) in [5, 5.41) is 16.9. The molecule has 3 rings (SSSR count). The molecule has 0 aliphatic heterocycles. The lowest BCUT2D eigenvalue weighted by molar-refractivity contribution is -0.145. The van der Waals surface area contributed by atoms with Crippen LogP contribution in [-0.4, -0.2) is 45.3 Å². The Kier molecular flexibility index (Phi) is 7.49. The number of fused-ring (bicyclic) bond motifs is 2. The summed E-state index contributed by atoms with van der Waals surface area (Å²) >= 11 is 0. The average molecular weight is 461 g/mol. The van der Waals surface area contributed by atoms with Crippen molar-refractivity contribution in [3.63, 3.8) is 0 Å². The van der Waals surface area contributed by atoms with Gasteiger partial charge in [-0.15, -0.1) is 0 Å². The first-order valence-electron chi connectivity index (χ1n) is 11.7. The predicted molar refractivity (Wildman–Crippen MR) is 123 cm³/mol. The first-order valence-corrected chi connectivity index (χ1v) is 11.7. The minimum atomic E-state index is -0.885. The predicted octanol–water partition coefficient (Wildman–Crippen LogP) is 2.91. The summed E-state index contributed by atoms with van der Waals surface area (Å²) in [6.07, 6.45) is 8.78. The average Bonchev–Trinajstić information content (AvgIpc) is 3.13. The molecule has 0 radical (unpaired) electrons. The molecule has 2 aliphatic rings. The van der Waals surface area contributed by atoms with Crippen LogP contribution in [0.5, 0.6) is 5.88 Å². The molecule has 182 valence electrons. The maximum Gasteiger partial charge on any atom is 0.306 e. The summed E-state index contributed by atoms with van der Waals surface area (Å²) in [6, 6.07) is -0.0486. The van der Waals surface area contributed by atoms with E-state index in [0.29, 0.717) is 30.9 Å². The monoisotopic (exact) mass is 460 g/mol. The number of hydrogen-bond donors (Lipinski definition) is 3. The molecule has 2 unspecified atom stereocenters. The Labute approximate surface area is 194 Å². The first kappa shape index (κ1) is 24.8. The lowest BCUT2D eigenvalue weighted by Gasteiger charge is -2.45. The van der Waals surface area contributed by atoms with Gasteiger partial charge in [-0.3, -0.25) is 14.4 Å². The molecule has 1 aromatic heterocycles. The Morgan fingerprint density at radius 2 is 1.94 bits per heavy atom. The zero-order chi connectivity index (χ0) is 24.3. The number of nitrogens with zero attached hydrogens (tertiary/aromatic N) is 2. The molecule has 2 atom stereocenters. The van der Waals surface area contributed by atoms with Gasteiger partial charge in [-0.25, -0.2) is 4.68 Å². The molecule has 4 N–H and O–H groups in total. The SMILES string of the molecule is CC(C)COc1c(C(=O)N[C@H]2C3CCCC2C[C@H](C(=O)O)C3)cnn1/C=C/C(C)(C)C(N)=O. The molecule has 0 spiro atoms. The van der Waals surface area contributed by atoms with Crippen molar-refractivity contribution < 1.29 is 24.2 Å². The molecule has 1 heterocycles. The number of primary amides is 1. The number of carbonyl (C=O) groups excluding carboxylic acids is 2. The quantitative estimate of drug-likeness (QED) is 0.518. The van der Waals surface area contributed by atoms with Crippen LogP contribution in [0, 0.1) is 29.1 Å². The molecule has 1 aromatic rings. The molecule has 2 saturated carbocycles. The number of carbonyl (C=O) groups is 3. The van der Waals surface area contributed by atoms with E-state index in [0.717, 1.165) is 19.3 Å². The molecule has 2 bridgehead atoms. The minimum absolute atomic E-state index is 0.0486. The maximum absolute atomic E-state index is 13.3. The van der Waals surface area contributed by atoms with Crippen LogP contribution >= 0.6 is 0 Å². The highest BCUT2D eigenvalue weighted by Gasteiger charge is 2.43. The van der Waals surface area contributed by atoms with Gasteiger partial charge in [0.15, 0.2) is 0 Å². The zero-order valence-electron chi connectivity index (χ0n) is 19.9. The molecule has 0 aromatic carbocycles. The Hall–Kier alpha value is -2.84. The molecule has 2 fully saturated rings. The second-order valence-corrected chi connectivity index (χ2v) is 10.4. The van der Waals surface area contributed by atoms with E-state index >= 15 is 0 Å². The minimum Gasteiger partial charge on any atom is -0.481 e. The smallest absolute Gasteiger partial charge is 0.306 e. The zero-order valence-corrected chi connectivity index (χ0v) is 19.9. The fourth-order valence-electron chi connectivity index (χ4n) is 4.75. The maximum atomic E-state index is 13.3. The summed E-state index contributed by atoms with van der Waals surface area (Å²) in [7, 11) is 0. The number of carboxylic acid groups (broad SMARTS) is 1. The van der Waals surface area contributed by atoms with Crippen LogP contribution in [0.25, 0.3) is 6.20 Å². The van der Waals surface area contributed by atoms with Crippen LogP contribution in [0.4, 0.5) is 0 Å². The van der Waals surface area contributed by atoms with Crippen molar-refractivity contribution >= 4 is 24.0 Å². The summed E-state index contributed by atoms with van der Waals surface area (Å²) in [4.78, 5) is 36.5. The molecule has 33 heavy (non-hydrogen) atoms. The van der Waals surface area contributed by atoms with Gasteiger partial charge in [0.05, 0.1) is 24.1 Å². The molecule has 2 aliphatic carbocycles. The second kappa shape index (κ2) is 9.97. The molecule has 9 nitrogen and oxygen atoms in total. The van der Waals surface area contributed by atoms with E-state index in [1.54, 1.807) is 26.1 Å². The Morgan fingerprint density at radius 1 is 1.30 bits per heavy atom. The number of nitrogens with one attached hydrogen (secondary N) is 1. The van der Waals surface area contributed by atoms with E-state index in [4.69, 9.17) is 10.5 Å². The fourth-order valence-corrected chi connectivity index (χ4v) is 4.75. The molecule has 2 amide bonds. The van der Waals surface area contributed by atoms with E-state index in [1.165, 1.54) is 10.9 Å². The van der Waals surface area contributed by atoms with E-state index < -0.39 is 17.3 Å².